The second kappa shape index (κ2) is 7.22. The van der Waals surface area contributed by atoms with Gasteiger partial charge in [0.15, 0.2) is 14.8 Å². The summed E-state index contributed by atoms with van der Waals surface area (Å²) in [6, 6.07) is 8.22. The molecular weight excluding hydrogens is 378 g/mol. The number of sulfone groups is 1. The Hall–Kier alpha value is -2.17. The van der Waals surface area contributed by atoms with E-state index in [1.54, 1.807) is 18.2 Å². The molecule has 26 heavy (non-hydrogen) atoms. The van der Waals surface area contributed by atoms with Crippen LogP contribution < -0.4 is 4.90 Å². The topological polar surface area (TPSA) is 104 Å². The Kier molecular flexibility index (Phi) is 5.17. The zero-order valence-electron chi connectivity index (χ0n) is 14.2. The molecule has 0 radical (unpaired) electrons. The maximum absolute atomic E-state index is 11.7. The third-order valence-corrected chi connectivity index (χ3v) is 7.20. The van der Waals surface area contributed by atoms with Crippen molar-refractivity contribution in [2.75, 3.05) is 37.3 Å². The van der Waals surface area contributed by atoms with Gasteiger partial charge in [-0.25, -0.2) is 8.42 Å². The third-order valence-electron chi connectivity index (χ3n) is 4.21. The fourth-order valence-electron chi connectivity index (χ4n) is 2.91. The van der Waals surface area contributed by atoms with Crippen molar-refractivity contribution in [3.8, 4) is 5.75 Å². The van der Waals surface area contributed by atoms with Crippen molar-refractivity contribution in [1.29, 1.82) is 0 Å². The molecule has 0 amide bonds. The number of hydrogen-bond acceptors (Lipinski definition) is 8. The fraction of sp³-hybridized carbons (Fsp3) is 0.375. The predicted molar refractivity (Wildman–Crippen MR) is 99.7 cm³/mol. The van der Waals surface area contributed by atoms with Crippen LogP contribution in [0, 0.1) is 10.1 Å². The maximum Gasteiger partial charge on any atom is 0.305 e. The summed E-state index contributed by atoms with van der Waals surface area (Å²) in [5, 5.41) is 21.2. The van der Waals surface area contributed by atoms with Crippen LogP contribution >= 0.6 is 11.3 Å². The van der Waals surface area contributed by atoms with Gasteiger partial charge in [-0.05, 0) is 17.7 Å². The van der Waals surface area contributed by atoms with Crippen molar-refractivity contribution in [1.82, 2.24) is 4.90 Å². The van der Waals surface area contributed by atoms with Crippen LogP contribution in [0.25, 0.3) is 0 Å². The van der Waals surface area contributed by atoms with E-state index in [4.69, 9.17) is 0 Å². The molecule has 0 atom stereocenters. The van der Waals surface area contributed by atoms with Crippen LogP contribution in [0.4, 0.5) is 10.7 Å². The Morgan fingerprint density at radius 2 is 1.92 bits per heavy atom. The number of phenolic OH excluding ortho intramolecular Hbond substituents is 1. The van der Waals surface area contributed by atoms with E-state index < -0.39 is 14.8 Å². The van der Waals surface area contributed by atoms with Crippen molar-refractivity contribution >= 4 is 31.9 Å². The van der Waals surface area contributed by atoms with E-state index in [1.165, 1.54) is 0 Å². The minimum Gasteiger partial charge on any atom is -0.508 e. The highest BCUT2D eigenvalue weighted by molar-refractivity contribution is 7.92. The minimum atomic E-state index is -3.48. The summed E-state index contributed by atoms with van der Waals surface area (Å²) in [6.45, 7) is 3.22. The first-order valence-corrected chi connectivity index (χ1v) is 10.7. The molecule has 1 N–H and O–H groups in total. The molecule has 0 aliphatic carbocycles. The molecule has 1 saturated heterocycles. The van der Waals surface area contributed by atoms with Gasteiger partial charge in [0.2, 0.25) is 0 Å². The normalized spacial score (nSPS) is 16.0. The quantitative estimate of drug-likeness (QED) is 0.608. The van der Waals surface area contributed by atoms with E-state index in [0.29, 0.717) is 37.7 Å². The van der Waals surface area contributed by atoms with Gasteiger partial charge >= 0.3 is 5.69 Å². The zero-order valence-corrected chi connectivity index (χ0v) is 15.8. The Balaban J connectivity index is 1.72. The molecule has 2 aromatic rings. The Labute approximate surface area is 155 Å². The van der Waals surface area contributed by atoms with Gasteiger partial charge in [-0.2, -0.15) is 0 Å². The summed E-state index contributed by atoms with van der Waals surface area (Å²) < 4.78 is 23.5. The summed E-state index contributed by atoms with van der Waals surface area (Å²) in [6.07, 6.45) is 1.06. The van der Waals surface area contributed by atoms with Crippen LogP contribution in [-0.2, 0) is 16.4 Å². The number of aromatic hydroxyl groups is 1. The maximum atomic E-state index is 11.7. The number of thiophene rings is 1. The first-order chi connectivity index (χ1) is 12.2. The summed E-state index contributed by atoms with van der Waals surface area (Å²) in [7, 11) is -3.48. The minimum absolute atomic E-state index is 0.0152. The molecule has 10 heteroatoms. The summed E-state index contributed by atoms with van der Waals surface area (Å²) in [5.74, 6) is 0.226. The molecule has 0 bridgehead atoms. The van der Waals surface area contributed by atoms with E-state index in [2.05, 4.69) is 4.90 Å². The van der Waals surface area contributed by atoms with Gasteiger partial charge in [-0.1, -0.05) is 23.5 Å². The van der Waals surface area contributed by atoms with Gasteiger partial charge in [0.25, 0.3) is 0 Å². The highest BCUT2D eigenvalue weighted by Gasteiger charge is 2.29. The number of phenols is 1. The van der Waals surface area contributed by atoms with Crippen LogP contribution in [-0.4, -0.2) is 55.8 Å². The lowest BCUT2D eigenvalue weighted by Gasteiger charge is -2.34. The van der Waals surface area contributed by atoms with Gasteiger partial charge in [-0.15, -0.1) is 0 Å². The lowest BCUT2D eigenvalue weighted by atomic mass is 10.2. The lowest BCUT2D eigenvalue weighted by molar-refractivity contribution is -0.383. The van der Waals surface area contributed by atoms with Crippen LogP contribution in [0.3, 0.4) is 0 Å². The van der Waals surface area contributed by atoms with E-state index in [9.17, 15) is 23.6 Å². The molecule has 0 unspecified atom stereocenters. The summed E-state index contributed by atoms with van der Waals surface area (Å²) in [5.41, 5.74) is 0.844. The van der Waals surface area contributed by atoms with Crippen molar-refractivity contribution in [2.24, 2.45) is 0 Å². The molecule has 1 fully saturated rings. The molecule has 2 heterocycles. The van der Waals surface area contributed by atoms with Gasteiger partial charge in [0.05, 0.1) is 4.92 Å². The van der Waals surface area contributed by atoms with Gasteiger partial charge in [-0.3, -0.25) is 15.0 Å². The molecule has 1 aromatic carbocycles. The largest absolute Gasteiger partial charge is 0.508 e. The van der Waals surface area contributed by atoms with E-state index in [0.717, 1.165) is 29.2 Å². The Morgan fingerprint density at radius 1 is 1.23 bits per heavy atom. The van der Waals surface area contributed by atoms with Crippen molar-refractivity contribution in [2.45, 2.75) is 10.8 Å². The second-order valence-electron chi connectivity index (χ2n) is 6.22. The Bertz CT molecular complexity index is 918. The van der Waals surface area contributed by atoms with Gasteiger partial charge in [0.1, 0.15) is 9.96 Å². The number of nitrogens with zero attached hydrogens (tertiary/aromatic N) is 3. The highest BCUT2D eigenvalue weighted by Crippen LogP contribution is 2.40. The molecule has 0 spiro atoms. The number of anilines is 1. The number of benzene rings is 1. The summed E-state index contributed by atoms with van der Waals surface area (Å²) >= 11 is 0.953. The van der Waals surface area contributed by atoms with Crippen molar-refractivity contribution < 1.29 is 18.4 Å². The average molecular weight is 397 g/mol. The zero-order chi connectivity index (χ0) is 18.9. The van der Waals surface area contributed by atoms with Gasteiger partial charge in [0, 0.05) is 45.0 Å². The molecular formula is C16H19N3O5S2. The van der Waals surface area contributed by atoms with Crippen LogP contribution in [0.5, 0.6) is 5.75 Å². The van der Waals surface area contributed by atoms with Gasteiger partial charge < -0.3 is 10.0 Å². The molecule has 1 aliphatic heterocycles. The molecule has 1 aliphatic rings. The first kappa shape index (κ1) is 18.6. The SMILES string of the molecule is CS(=O)(=O)c1cc([N+](=O)[O-])c(N2CCN(Cc3cccc(O)c3)CC2)s1. The highest BCUT2D eigenvalue weighted by atomic mass is 32.2. The molecule has 8 nitrogen and oxygen atoms in total. The van der Waals surface area contributed by atoms with E-state index >= 15 is 0 Å². The van der Waals surface area contributed by atoms with Crippen molar-refractivity contribution in [3.63, 3.8) is 0 Å². The molecule has 3 rings (SSSR count). The van der Waals surface area contributed by atoms with Crippen molar-refractivity contribution in [3.05, 3.63) is 46.0 Å². The van der Waals surface area contributed by atoms with Crippen LogP contribution in [0.2, 0.25) is 0 Å². The van der Waals surface area contributed by atoms with Crippen LogP contribution in [0.15, 0.2) is 34.5 Å². The Morgan fingerprint density at radius 3 is 2.50 bits per heavy atom. The number of hydrogen-bond donors (Lipinski definition) is 1. The predicted octanol–water partition coefficient (Wildman–Crippen LogP) is 2.09. The lowest BCUT2D eigenvalue weighted by Crippen LogP contribution is -2.45. The average Bonchev–Trinajstić information content (AvgIpc) is 3.01. The monoisotopic (exact) mass is 397 g/mol. The smallest absolute Gasteiger partial charge is 0.305 e. The number of nitro groups is 1. The molecule has 140 valence electrons. The molecule has 0 saturated carbocycles. The van der Waals surface area contributed by atoms with E-state index in [-0.39, 0.29) is 15.6 Å². The van der Waals surface area contributed by atoms with E-state index in [1.807, 2.05) is 11.0 Å². The third kappa shape index (κ3) is 4.14. The number of piperazine rings is 1. The molecule has 1 aromatic heterocycles. The van der Waals surface area contributed by atoms with Crippen LogP contribution in [0.1, 0.15) is 5.56 Å². The number of rotatable bonds is 5. The second-order valence-corrected chi connectivity index (χ2v) is 9.49. The summed E-state index contributed by atoms with van der Waals surface area (Å²) in [4.78, 5) is 14.8. The fourth-order valence-corrected chi connectivity index (χ4v) is 4.99. The first-order valence-electron chi connectivity index (χ1n) is 7.97. The standard InChI is InChI=1S/C16H19N3O5S2/c1-26(23,24)15-10-14(19(21)22)16(25-15)18-7-5-17(6-8-18)11-12-3-2-4-13(20)9-12/h2-4,9-10,20H,5-8,11H2,1H3.